The normalized spacial score (nSPS) is 10.7. The molecule has 0 spiro atoms. The molecule has 0 aliphatic heterocycles. The Morgan fingerprint density at radius 1 is 1.33 bits per heavy atom. The fourth-order valence-electron chi connectivity index (χ4n) is 1.02. The maximum atomic E-state index is 11.4. The molecule has 5 heteroatoms. The van der Waals surface area contributed by atoms with Crippen LogP contribution < -0.4 is 5.43 Å². The molecule has 0 radical (unpaired) electrons. The summed E-state index contributed by atoms with van der Waals surface area (Å²) < 4.78 is 0.327. The van der Waals surface area contributed by atoms with E-state index in [1.54, 1.807) is 14.0 Å². The Bertz CT molecular complexity index is 279. The Kier molecular flexibility index (Phi) is 4.48. The number of carbonyl (C=O) groups is 2. The van der Waals surface area contributed by atoms with Crippen molar-refractivity contribution in [2.75, 3.05) is 34.7 Å². The van der Waals surface area contributed by atoms with Crippen molar-refractivity contribution in [1.29, 1.82) is 0 Å². The average molecular weight is 214 g/mol. The van der Waals surface area contributed by atoms with E-state index in [0.29, 0.717) is 10.2 Å². The van der Waals surface area contributed by atoms with Gasteiger partial charge in [0.2, 0.25) is 5.91 Å². The fourth-order valence-corrected chi connectivity index (χ4v) is 1.02. The second-order valence-electron chi connectivity index (χ2n) is 4.49. The number of hydrogen-bond donors (Lipinski definition) is 1. The van der Waals surface area contributed by atoms with Gasteiger partial charge in [0.1, 0.15) is 6.54 Å². The summed E-state index contributed by atoms with van der Waals surface area (Å²) in [4.78, 5) is 24.2. The molecule has 0 rings (SSSR count). The van der Waals surface area contributed by atoms with Gasteiger partial charge in [-0.15, -0.1) is 0 Å². The van der Waals surface area contributed by atoms with Crippen LogP contribution in [0, 0.1) is 0 Å². The van der Waals surface area contributed by atoms with Crippen molar-refractivity contribution in [1.82, 2.24) is 10.3 Å². The van der Waals surface area contributed by atoms with Crippen LogP contribution in [0.1, 0.15) is 6.92 Å². The Hall–Kier alpha value is -1.36. The third-order valence-electron chi connectivity index (χ3n) is 1.55. The highest BCUT2D eigenvalue weighted by atomic mass is 16.2. The lowest BCUT2D eigenvalue weighted by Gasteiger charge is -2.25. The monoisotopic (exact) mass is 214 g/mol. The average Bonchev–Trinajstić information content (AvgIpc) is 1.98. The molecule has 0 fully saturated rings. The molecule has 0 aliphatic carbocycles. The van der Waals surface area contributed by atoms with Crippen LogP contribution in [0.15, 0.2) is 12.2 Å². The van der Waals surface area contributed by atoms with Crippen LogP contribution in [0.2, 0.25) is 0 Å². The zero-order chi connectivity index (χ0) is 12.2. The Labute approximate surface area is 90.9 Å². The lowest BCUT2D eigenvalue weighted by Crippen LogP contribution is -2.54. The number of carbonyl (C=O) groups excluding carboxylic acids is 2. The first-order valence-corrected chi connectivity index (χ1v) is 4.67. The van der Waals surface area contributed by atoms with Crippen LogP contribution in [0.5, 0.6) is 0 Å². The zero-order valence-electron chi connectivity index (χ0n) is 10.1. The molecule has 0 atom stereocenters. The lowest BCUT2D eigenvalue weighted by molar-refractivity contribution is -0.906. The van der Waals surface area contributed by atoms with Crippen LogP contribution >= 0.6 is 0 Å². The van der Waals surface area contributed by atoms with Crippen molar-refractivity contribution >= 4 is 11.8 Å². The number of likely N-dealkylation sites (N-methyl/N-ethyl adjacent to an activating group) is 1. The van der Waals surface area contributed by atoms with Crippen molar-refractivity contribution in [3.63, 3.8) is 0 Å². The predicted molar refractivity (Wildman–Crippen MR) is 58.6 cm³/mol. The van der Waals surface area contributed by atoms with Gasteiger partial charge >= 0.3 is 0 Å². The molecule has 0 saturated heterocycles. The highest BCUT2D eigenvalue weighted by molar-refractivity contribution is 5.94. The summed E-state index contributed by atoms with van der Waals surface area (Å²) >= 11 is 0. The molecule has 0 aromatic carbocycles. The van der Waals surface area contributed by atoms with Crippen LogP contribution in [0.3, 0.4) is 0 Å². The minimum atomic E-state index is -0.216. The maximum Gasteiger partial charge on any atom is 0.284 e. The molecule has 0 aromatic rings. The summed E-state index contributed by atoms with van der Waals surface area (Å²) in [5.41, 5.74) is 3.15. The van der Waals surface area contributed by atoms with E-state index in [2.05, 4.69) is 12.0 Å². The van der Waals surface area contributed by atoms with Crippen molar-refractivity contribution in [2.24, 2.45) is 0 Å². The van der Waals surface area contributed by atoms with Gasteiger partial charge < -0.3 is 4.90 Å². The fraction of sp³-hybridized carbons (Fsp3) is 0.600. The summed E-state index contributed by atoms with van der Waals surface area (Å²) in [6.07, 6.45) is 0. The van der Waals surface area contributed by atoms with Crippen LogP contribution in [0.25, 0.3) is 0 Å². The summed E-state index contributed by atoms with van der Waals surface area (Å²) in [5, 5.41) is 0. The molecular formula is C10H20N3O2+. The molecular weight excluding hydrogens is 194 g/mol. The summed E-state index contributed by atoms with van der Waals surface area (Å²) in [6, 6.07) is 0. The molecule has 0 aliphatic rings. The molecule has 2 amide bonds. The van der Waals surface area contributed by atoms with Gasteiger partial charge in [0, 0.05) is 12.6 Å². The van der Waals surface area contributed by atoms with E-state index in [9.17, 15) is 9.59 Å². The Balaban J connectivity index is 4.20. The van der Waals surface area contributed by atoms with Crippen molar-refractivity contribution in [2.45, 2.75) is 6.92 Å². The van der Waals surface area contributed by atoms with E-state index >= 15 is 0 Å². The SMILES string of the molecule is C=C(C)C(=O)N(C)CC(=O)N[N+](C)(C)C. The predicted octanol–water partition coefficient (Wildman–Crippen LogP) is -0.242. The van der Waals surface area contributed by atoms with E-state index in [1.807, 2.05) is 21.1 Å². The van der Waals surface area contributed by atoms with E-state index in [0.717, 1.165) is 0 Å². The number of hydrogen-bond acceptors (Lipinski definition) is 2. The van der Waals surface area contributed by atoms with Crippen molar-refractivity contribution in [3.8, 4) is 0 Å². The summed E-state index contributed by atoms with van der Waals surface area (Å²) in [6.45, 7) is 5.20. The van der Waals surface area contributed by atoms with Crippen LogP contribution in [-0.2, 0) is 9.59 Å². The molecule has 0 saturated carbocycles. The topological polar surface area (TPSA) is 49.4 Å². The molecule has 0 heterocycles. The third-order valence-corrected chi connectivity index (χ3v) is 1.55. The van der Waals surface area contributed by atoms with Gasteiger partial charge in [-0.2, -0.15) is 0 Å². The molecule has 86 valence electrons. The Morgan fingerprint density at radius 2 is 1.80 bits per heavy atom. The number of nitrogens with zero attached hydrogens (tertiary/aromatic N) is 2. The lowest BCUT2D eigenvalue weighted by atomic mass is 10.3. The zero-order valence-corrected chi connectivity index (χ0v) is 10.1. The Morgan fingerprint density at radius 3 is 2.13 bits per heavy atom. The van der Waals surface area contributed by atoms with Crippen LogP contribution in [-0.4, -0.2) is 56.0 Å². The van der Waals surface area contributed by atoms with Gasteiger partial charge in [-0.1, -0.05) is 6.58 Å². The number of rotatable bonds is 4. The van der Waals surface area contributed by atoms with E-state index in [-0.39, 0.29) is 18.4 Å². The first-order valence-electron chi connectivity index (χ1n) is 4.67. The number of quaternary nitrogens is 1. The second-order valence-corrected chi connectivity index (χ2v) is 4.49. The van der Waals surface area contributed by atoms with Crippen LogP contribution in [0.4, 0.5) is 0 Å². The van der Waals surface area contributed by atoms with Gasteiger partial charge in [-0.3, -0.25) is 9.59 Å². The van der Waals surface area contributed by atoms with Gasteiger partial charge in [-0.25, -0.2) is 10.0 Å². The van der Waals surface area contributed by atoms with Gasteiger partial charge in [0.25, 0.3) is 5.91 Å². The standard InChI is InChI=1S/C10H19N3O2/c1-8(2)10(15)12(3)7-9(14)11-13(4,5)6/h1,7H2,2-6H3/p+1. The number of nitrogens with one attached hydrogen (secondary N) is 1. The highest BCUT2D eigenvalue weighted by Crippen LogP contribution is 1.95. The molecule has 0 aromatic heterocycles. The highest BCUT2D eigenvalue weighted by Gasteiger charge is 2.17. The van der Waals surface area contributed by atoms with Gasteiger partial charge in [0.05, 0.1) is 21.1 Å². The third kappa shape index (κ3) is 5.85. The molecule has 0 unspecified atom stereocenters. The maximum absolute atomic E-state index is 11.4. The molecule has 1 N–H and O–H groups in total. The quantitative estimate of drug-likeness (QED) is 0.399. The van der Waals surface area contributed by atoms with Gasteiger partial charge in [-0.05, 0) is 6.92 Å². The summed E-state index contributed by atoms with van der Waals surface area (Å²) in [7, 11) is 7.07. The second kappa shape index (κ2) is 4.93. The van der Waals surface area contributed by atoms with Crippen molar-refractivity contribution in [3.05, 3.63) is 12.2 Å². The minimum absolute atomic E-state index is 0.0429. The minimum Gasteiger partial charge on any atom is -0.333 e. The molecule has 0 bridgehead atoms. The smallest absolute Gasteiger partial charge is 0.284 e. The van der Waals surface area contributed by atoms with E-state index in [1.165, 1.54) is 4.90 Å². The van der Waals surface area contributed by atoms with E-state index in [4.69, 9.17) is 0 Å². The largest absolute Gasteiger partial charge is 0.333 e. The summed E-state index contributed by atoms with van der Waals surface area (Å²) in [5.74, 6) is -0.411. The molecule has 5 nitrogen and oxygen atoms in total. The first-order chi connectivity index (χ1) is 6.63. The first kappa shape index (κ1) is 13.6. The van der Waals surface area contributed by atoms with Gasteiger partial charge in [0.15, 0.2) is 0 Å². The molecule has 15 heavy (non-hydrogen) atoms. The van der Waals surface area contributed by atoms with Crippen molar-refractivity contribution < 1.29 is 14.2 Å². The number of amides is 2. The van der Waals surface area contributed by atoms with E-state index < -0.39 is 0 Å².